The molecular weight excluding hydrogens is 408 g/mol. The highest BCUT2D eigenvalue weighted by molar-refractivity contribution is 6.30. The Morgan fingerprint density at radius 2 is 2.00 bits per heavy atom. The largest absolute Gasteiger partial charge is 0.497 e. The van der Waals surface area contributed by atoms with Crippen molar-refractivity contribution in [3.63, 3.8) is 0 Å². The zero-order valence-electron chi connectivity index (χ0n) is 16.6. The number of aromatic nitrogens is 3. The summed E-state index contributed by atoms with van der Waals surface area (Å²) in [5.41, 5.74) is 1.57. The summed E-state index contributed by atoms with van der Waals surface area (Å²) in [4.78, 5) is 14.5. The lowest BCUT2D eigenvalue weighted by Gasteiger charge is -2.25. The van der Waals surface area contributed by atoms with Gasteiger partial charge in [0, 0.05) is 10.7 Å². The molecule has 8 nitrogen and oxygen atoms in total. The fourth-order valence-electron chi connectivity index (χ4n) is 3.49. The summed E-state index contributed by atoms with van der Waals surface area (Å²) < 4.78 is 18.1. The molecule has 30 heavy (non-hydrogen) atoms. The number of carbonyl (C=O) groups is 1. The van der Waals surface area contributed by atoms with Gasteiger partial charge in [-0.3, -0.25) is 4.90 Å². The molecule has 0 spiro atoms. The second-order valence-corrected chi connectivity index (χ2v) is 7.14. The molecule has 1 aliphatic rings. The molecule has 0 saturated carbocycles. The van der Waals surface area contributed by atoms with Crippen LogP contribution in [0.25, 0.3) is 0 Å². The summed E-state index contributed by atoms with van der Waals surface area (Å²) in [6.45, 7) is 2.69. The monoisotopic (exact) mass is 428 g/mol. The maximum Gasteiger partial charge on any atom is 0.415 e. The van der Waals surface area contributed by atoms with Gasteiger partial charge in [-0.2, -0.15) is 0 Å². The third-order valence-electron chi connectivity index (χ3n) is 4.80. The molecule has 0 N–H and O–H groups in total. The van der Waals surface area contributed by atoms with E-state index in [0.717, 1.165) is 5.56 Å². The quantitative estimate of drug-likeness (QED) is 0.563. The lowest BCUT2D eigenvalue weighted by Crippen LogP contribution is -2.31. The zero-order valence-corrected chi connectivity index (χ0v) is 17.3. The van der Waals surface area contributed by atoms with Crippen LogP contribution < -0.4 is 14.4 Å². The molecule has 9 heteroatoms. The van der Waals surface area contributed by atoms with Crippen molar-refractivity contribution >= 4 is 23.4 Å². The number of hydrogen-bond acceptors (Lipinski definition) is 6. The summed E-state index contributed by atoms with van der Waals surface area (Å²) in [7, 11) is 1.61. The van der Waals surface area contributed by atoms with Crippen LogP contribution in [0.4, 0.5) is 10.5 Å². The van der Waals surface area contributed by atoms with E-state index in [2.05, 4.69) is 10.3 Å². The van der Waals surface area contributed by atoms with Gasteiger partial charge in [0.15, 0.2) is 0 Å². The normalized spacial score (nSPS) is 18.4. The van der Waals surface area contributed by atoms with E-state index < -0.39 is 18.2 Å². The van der Waals surface area contributed by atoms with Crippen LogP contribution in [0.3, 0.4) is 0 Å². The molecule has 0 aliphatic carbocycles. The van der Waals surface area contributed by atoms with Crippen LogP contribution in [0, 0.1) is 0 Å². The van der Waals surface area contributed by atoms with Gasteiger partial charge in [-0.05, 0) is 48.9 Å². The van der Waals surface area contributed by atoms with E-state index >= 15 is 0 Å². The Hall–Kier alpha value is -3.26. The first-order valence-electron chi connectivity index (χ1n) is 9.51. The molecule has 156 valence electrons. The van der Waals surface area contributed by atoms with Crippen LogP contribution in [0.1, 0.15) is 18.5 Å². The number of halogens is 1. The van der Waals surface area contributed by atoms with Gasteiger partial charge in [0.25, 0.3) is 5.88 Å². The molecule has 2 aromatic carbocycles. The summed E-state index contributed by atoms with van der Waals surface area (Å²) in [6.07, 6.45) is 0.738. The van der Waals surface area contributed by atoms with Gasteiger partial charge in [0.05, 0.1) is 26.5 Å². The highest BCUT2D eigenvalue weighted by atomic mass is 35.5. The summed E-state index contributed by atoms with van der Waals surface area (Å²) >= 11 is 6.03. The predicted molar refractivity (Wildman–Crippen MR) is 111 cm³/mol. The molecule has 4 rings (SSSR count). The number of amides is 1. The molecule has 1 amide bonds. The van der Waals surface area contributed by atoms with Crippen molar-refractivity contribution in [2.45, 2.75) is 25.6 Å². The Labute approximate surface area is 178 Å². The van der Waals surface area contributed by atoms with Crippen LogP contribution >= 0.6 is 11.6 Å². The molecule has 0 bridgehead atoms. The molecule has 1 aliphatic heterocycles. The Bertz CT molecular complexity index is 1020. The van der Waals surface area contributed by atoms with Crippen LogP contribution in [-0.4, -0.2) is 40.9 Å². The second kappa shape index (κ2) is 8.62. The molecule has 1 saturated heterocycles. The molecular formula is C21H21ClN4O4. The Balaban J connectivity index is 1.70. The number of carbonyl (C=O) groups excluding carboxylic acids is 1. The van der Waals surface area contributed by atoms with Gasteiger partial charge >= 0.3 is 6.09 Å². The molecule has 3 aromatic rings. The van der Waals surface area contributed by atoms with Gasteiger partial charge in [-0.25, -0.2) is 9.48 Å². The molecule has 1 fully saturated rings. The number of hydrogen-bond donors (Lipinski definition) is 0. The van der Waals surface area contributed by atoms with E-state index in [1.54, 1.807) is 47.2 Å². The van der Waals surface area contributed by atoms with E-state index in [-0.39, 0.29) is 0 Å². The van der Waals surface area contributed by atoms with Crippen molar-refractivity contribution in [3.05, 3.63) is 65.3 Å². The van der Waals surface area contributed by atoms with Gasteiger partial charge in [-0.15, -0.1) is 0 Å². The van der Waals surface area contributed by atoms with Gasteiger partial charge in [0.1, 0.15) is 17.9 Å². The average molecular weight is 429 g/mol. The number of nitrogens with zero attached hydrogens (tertiary/aromatic N) is 4. The molecule has 0 radical (unpaired) electrons. The second-order valence-electron chi connectivity index (χ2n) is 6.70. The van der Waals surface area contributed by atoms with Crippen molar-refractivity contribution in [1.82, 2.24) is 15.0 Å². The zero-order chi connectivity index (χ0) is 21.1. The SMILES string of the molecule is CCOc1cn(C[C@@H]2OC(=O)N(c3ccc(Cl)cc3)[C@H]2c2cccc(OC)c2)nn1. The van der Waals surface area contributed by atoms with Crippen LogP contribution in [0.5, 0.6) is 11.6 Å². The van der Waals surface area contributed by atoms with Crippen molar-refractivity contribution < 1.29 is 19.0 Å². The molecule has 1 aromatic heterocycles. The standard InChI is InChI=1S/C21H21ClN4O4/c1-3-29-19-13-25(24-23-19)12-18-20(14-5-4-6-17(11-14)28-2)26(21(27)30-18)16-9-7-15(22)8-10-16/h4-11,13,18,20H,3,12H2,1-2H3/t18-,20-/m0/s1. The van der Waals surface area contributed by atoms with Gasteiger partial charge in [-0.1, -0.05) is 34.0 Å². The Kier molecular flexibility index (Phi) is 5.76. The van der Waals surface area contributed by atoms with Crippen LogP contribution in [0.2, 0.25) is 5.02 Å². The Morgan fingerprint density at radius 1 is 1.20 bits per heavy atom. The lowest BCUT2D eigenvalue weighted by molar-refractivity contribution is 0.117. The number of rotatable bonds is 7. The van der Waals surface area contributed by atoms with Gasteiger partial charge < -0.3 is 14.2 Å². The number of methoxy groups -OCH3 is 1. The number of benzene rings is 2. The lowest BCUT2D eigenvalue weighted by atomic mass is 9.99. The summed E-state index contributed by atoms with van der Waals surface area (Å²) in [5, 5.41) is 8.65. The molecule has 2 atom stereocenters. The number of cyclic esters (lactones) is 1. The fraction of sp³-hybridized carbons (Fsp3) is 0.286. The van der Waals surface area contributed by atoms with E-state index in [4.69, 9.17) is 25.8 Å². The summed E-state index contributed by atoms with van der Waals surface area (Å²) in [6, 6.07) is 14.3. The maximum absolute atomic E-state index is 12.9. The highest BCUT2D eigenvalue weighted by Crippen LogP contribution is 2.39. The first-order chi connectivity index (χ1) is 14.6. The predicted octanol–water partition coefficient (Wildman–Crippen LogP) is 4.11. The van der Waals surface area contributed by atoms with Crippen molar-refractivity contribution in [2.75, 3.05) is 18.6 Å². The van der Waals surface area contributed by atoms with E-state index in [1.165, 1.54) is 0 Å². The first kappa shape index (κ1) is 20.0. The van der Waals surface area contributed by atoms with E-state index in [9.17, 15) is 4.79 Å². The van der Waals surface area contributed by atoms with E-state index in [0.29, 0.717) is 35.5 Å². The third kappa shape index (κ3) is 4.04. The topological polar surface area (TPSA) is 78.7 Å². The minimum Gasteiger partial charge on any atom is -0.497 e. The van der Waals surface area contributed by atoms with Crippen molar-refractivity contribution in [2.24, 2.45) is 0 Å². The molecule has 2 heterocycles. The molecule has 0 unspecified atom stereocenters. The van der Waals surface area contributed by atoms with Crippen molar-refractivity contribution in [3.8, 4) is 11.6 Å². The van der Waals surface area contributed by atoms with Crippen molar-refractivity contribution in [1.29, 1.82) is 0 Å². The number of ether oxygens (including phenoxy) is 3. The van der Waals surface area contributed by atoms with E-state index in [1.807, 2.05) is 31.2 Å². The van der Waals surface area contributed by atoms with Crippen LogP contribution in [0.15, 0.2) is 54.7 Å². The highest BCUT2D eigenvalue weighted by Gasteiger charge is 2.44. The van der Waals surface area contributed by atoms with Crippen LogP contribution in [-0.2, 0) is 11.3 Å². The average Bonchev–Trinajstić information content (AvgIpc) is 3.33. The minimum absolute atomic E-state index is 0.317. The third-order valence-corrected chi connectivity index (χ3v) is 5.05. The maximum atomic E-state index is 12.9. The smallest absolute Gasteiger partial charge is 0.415 e. The van der Waals surface area contributed by atoms with Gasteiger partial charge in [0.2, 0.25) is 0 Å². The Morgan fingerprint density at radius 3 is 2.73 bits per heavy atom. The summed E-state index contributed by atoms with van der Waals surface area (Å²) in [5.74, 6) is 1.12. The number of anilines is 1. The first-order valence-corrected chi connectivity index (χ1v) is 9.89. The minimum atomic E-state index is -0.503. The fourth-order valence-corrected chi connectivity index (χ4v) is 3.62.